The Morgan fingerprint density at radius 3 is 3.14 bits per heavy atom. The van der Waals surface area contributed by atoms with Crippen LogP contribution in [0.3, 0.4) is 0 Å². The van der Waals surface area contributed by atoms with Crippen LogP contribution in [0.5, 0.6) is 0 Å². The maximum atomic E-state index is 11.8. The van der Waals surface area contributed by atoms with E-state index >= 15 is 0 Å². The van der Waals surface area contributed by atoms with Gasteiger partial charge in [0.15, 0.2) is 0 Å². The predicted molar refractivity (Wildman–Crippen MR) is 82.0 cm³/mol. The molecule has 3 rings (SSSR count). The number of rotatable bonds is 4. The van der Waals surface area contributed by atoms with Crippen LogP contribution >= 0.6 is 0 Å². The summed E-state index contributed by atoms with van der Waals surface area (Å²) in [6, 6.07) is 10.4. The van der Waals surface area contributed by atoms with Crippen LogP contribution in [0.2, 0.25) is 0 Å². The van der Waals surface area contributed by atoms with Crippen LogP contribution in [0, 0.1) is 5.92 Å². The van der Waals surface area contributed by atoms with Gasteiger partial charge in [0, 0.05) is 31.8 Å². The van der Waals surface area contributed by atoms with Crippen LogP contribution in [0.25, 0.3) is 10.9 Å². The van der Waals surface area contributed by atoms with E-state index in [-0.39, 0.29) is 12.5 Å². The molecule has 0 unspecified atom stereocenters. The summed E-state index contributed by atoms with van der Waals surface area (Å²) in [4.78, 5) is 18.2. The highest BCUT2D eigenvalue weighted by atomic mass is 16.5. The average molecular weight is 284 g/mol. The zero-order chi connectivity index (χ0) is 14.7. The molecule has 2 heterocycles. The van der Waals surface area contributed by atoms with E-state index in [9.17, 15) is 4.79 Å². The normalized spacial score (nSPS) is 18.3. The minimum Gasteiger partial charge on any atom is -0.375 e. The number of aromatic nitrogens is 1. The van der Waals surface area contributed by atoms with Gasteiger partial charge in [-0.1, -0.05) is 18.2 Å². The molecule has 1 fully saturated rings. The van der Waals surface area contributed by atoms with Crippen LogP contribution in [-0.4, -0.2) is 42.6 Å². The zero-order valence-electron chi connectivity index (χ0n) is 12.3. The number of likely N-dealkylation sites (tertiary alicyclic amines) is 1. The Labute approximate surface area is 124 Å². The number of hydrogen-bond acceptors (Lipinski definition) is 3. The van der Waals surface area contributed by atoms with Crippen molar-refractivity contribution in [3.8, 4) is 0 Å². The molecule has 1 amide bonds. The van der Waals surface area contributed by atoms with Gasteiger partial charge >= 0.3 is 0 Å². The van der Waals surface area contributed by atoms with Crippen molar-refractivity contribution in [1.29, 1.82) is 0 Å². The summed E-state index contributed by atoms with van der Waals surface area (Å²) in [7, 11) is 1.56. The summed E-state index contributed by atoms with van der Waals surface area (Å²) in [5, 5.41) is 1.22. The molecule has 0 N–H and O–H groups in total. The summed E-state index contributed by atoms with van der Waals surface area (Å²) in [5.74, 6) is 0.621. The highest BCUT2D eigenvalue weighted by Gasteiger charge is 2.26. The lowest BCUT2D eigenvalue weighted by atomic mass is 9.96. The topological polar surface area (TPSA) is 42.4 Å². The Morgan fingerprint density at radius 2 is 2.29 bits per heavy atom. The van der Waals surface area contributed by atoms with Gasteiger partial charge in [-0.2, -0.15) is 0 Å². The molecule has 21 heavy (non-hydrogen) atoms. The van der Waals surface area contributed by atoms with E-state index in [0.29, 0.717) is 5.92 Å². The van der Waals surface area contributed by atoms with Crippen molar-refractivity contribution in [2.45, 2.75) is 12.8 Å². The van der Waals surface area contributed by atoms with Crippen molar-refractivity contribution in [3.05, 3.63) is 42.1 Å². The first-order valence-corrected chi connectivity index (χ1v) is 7.37. The molecular weight excluding hydrogens is 264 g/mol. The monoisotopic (exact) mass is 284 g/mol. The smallest absolute Gasteiger partial charge is 0.248 e. The molecule has 110 valence electrons. The Bertz CT molecular complexity index is 636. The Morgan fingerprint density at radius 1 is 1.38 bits per heavy atom. The number of ether oxygens (including phenoxy) is 1. The van der Waals surface area contributed by atoms with E-state index in [1.807, 2.05) is 23.2 Å². The SMILES string of the molecule is COCC(=O)N1CC[C@H](Cc2cccc3ncccc23)C1. The Hall–Kier alpha value is -1.94. The molecule has 0 bridgehead atoms. The molecule has 0 radical (unpaired) electrons. The lowest BCUT2D eigenvalue weighted by molar-refractivity contribution is -0.134. The largest absolute Gasteiger partial charge is 0.375 e. The molecule has 0 aliphatic carbocycles. The van der Waals surface area contributed by atoms with E-state index in [1.54, 1.807) is 7.11 Å². The van der Waals surface area contributed by atoms with E-state index in [4.69, 9.17) is 4.74 Å². The summed E-state index contributed by atoms with van der Waals surface area (Å²) in [5.41, 5.74) is 2.37. The fraction of sp³-hybridized carbons (Fsp3) is 0.412. The molecule has 1 aliphatic heterocycles. The van der Waals surface area contributed by atoms with Gasteiger partial charge in [0.05, 0.1) is 5.52 Å². The molecule has 0 saturated carbocycles. The maximum Gasteiger partial charge on any atom is 0.248 e. The first-order chi connectivity index (χ1) is 10.3. The number of pyridine rings is 1. The van der Waals surface area contributed by atoms with Crippen LogP contribution < -0.4 is 0 Å². The summed E-state index contributed by atoms with van der Waals surface area (Å²) < 4.78 is 4.93. The van der Waals surface area contributed by atoms with Gasteiger partial charge in [-0.3, -0.25) is 9.78 Å². The fourth-order valence-electron chi connectivity index (χ4n) is 3.10. The maximum absolute atomic E-state index is 11.8. The molecule has 4 nitrogen and oxygen atoms in total. The quantitative estimate of drug-likeness (QED) is 0.865. The second-order valence-corrected chi connectivity index (χ2v) is 5.62. The van der Waals surface area contributed by atoms with E-state index in [0.717, 1.165) is 31.4 Å². The standard InChI is InChI=1S/C17H20N2O2/c1-21-12-17(20)19-9-7-13(11-19)10-14-4-2-6-16-15(14)5-3-8-18-16/h2-6,8,13H,7,9-12H2,1H3/t13-/m1/s1. The molecule has 4 heteroatoms. The van der Waals surface area contributed by atoms with Crippen molar-refractivity contribution < 1.29 is 9.53 Å². The van der Waals surface area contributed by atoms with Gasteiger partial charge in [-0.15, -0.1) is 0 Å². The highest BCUT2D eigenvalue weighted by molar-refractivity contribution is 5.82. The third-order valence-corrected chi connectivity index (χ3v) is 4.15. The van der Waals surface area contributed by atoms with E-state index in [2.05, 4.69) is 23.2 Å². The van der Waals surface area contributed by atoms with Crippen molar-refractivity contribution in [2.24, 2.45) is 5.92 Å². The van der Waals surface area contributed by atoms with Crippen molar-refractivity contribution >= 4 is 16.8 Å². The van der Waals surface area contributed by atoms with Gasteiger partial charge < -0.3 is 9.64 Å². The van der Waals surface area contributed by atoms with Gasteiger partial charge in [0.25, 0.3) is 0 Å². The lowest BCUT2D eigenvalue weighted by Crippen LogP contribution is -2.31. The number of methoxy groups -OCH3 is 1. The fourth-order valence-corrected chi connectivity index (χ4v) is 3.10. The van der Waals surface area contributed by atoms with Crippen LogP contribution in [0.15, 0.2) is 36.5 Å². The van der Waals surface area contributed by atoms with Gasteiger partial charge in [-0.05, 0) is 36.5 Å². The molecule has 1 aromatic carbocycles. The number of nitrogens with zero attached hydrogens (tertiary/aromatic N) is 2. The van der Waals surface area contributed by atoms with Gasteiger partial charge in [0.2, 0.25) is 5.91 Å². The molecule has 1 aliphatic rings. The number of carbonyl (C=O) groups excluding carboxylic acids is 1. The third-order valence-electron chi connectivity index (χ3n) is 4.15. The van der Waals surface area contributed by atoms with E-state index < -0.39 is 0 Å². The molecule has 2 aromatic rings. The number of carbonyl (C=O) groups is 1. The second-order valence-electron chi connectivity index (χ2n) is 5.62. The minimum atomic E-state index is 0.0968. The molecule has 1 atom stereocenters. The molecule has 0 spiro atoms. The Kier molecular flexibility index (Phi) is 4.15. The summed E-state index contributed by atoms with van der Waals surface area (Å²) in [6.07, 6.45) is 3.89. The first kappa shape index (κ1) is 14.0. The molecular formula is C17H20N2O2. The number of amides is 1. The number of benzene rings is 1. The van der Waals surface area contributed by atoms with Gasteiger partial charge in [0.1, 0.15) is 6.61 Å². The van der Waals surface area contributed by atoms with Crippen LogP contribution in [0.1, 0.15) is 12.0 Å². The average Bonchev–Trinajstić information content (AvgIpc) is 2.97. The first-order valence-electron chi connectivity index (χ1n) is 7.37. The van der Waals surface area contributed by atoms with Crippen LogP contribution in [-0.2, 0) is 16.0 Å². The molecule has 1 saturated heterocycles. The van der Waals surface area contributed by atoms with Crippen molar-refractivity contribution in [1.82, 2.24) is 9.88 Å². The third kappa shape index (κ3) is 3.05. The van der Waals surface area contributed by atoms with Crippen LogP contribution in [0.4, 0.5) is 0 Å². The van der Waals surface area contributed by atoms with Gasteiger partial charge in [-0.25, -0.2) is 0 Å². The van der Waals surface area contributed by atoms with E-state index in [1.165, 1.54) is 10.9 Å². The number of hydrogen-bond donors (Lipinski definition) is 0. The summed E-state index contributed by atoms with van der Waals surface area (Å²) >= 11 is 0. The van der Waals surface area contributed by atoms with Crippen molar-refractivity contribution in [3.63, 3.8) is 0 Å². The molecule has 1 aromatic heterocycles. The Balaban J connectivity index is 1.71. The summed E-state index contributed by atoms with van der Waals surface area (Å²) in [6.45, 7) is 1.86. The lowest BCUT2D eigenvalue weighted by Gasteiger charge is -2.16. The zero-order valence-corrected chi connectivity index (χ0v) is 12.3. The minimum absolute atomic E-state index is 0.0968. The second kappa shape index (κ2) is 6.22. The number of fused-ring (bicyclic) bond motifs is 1. The highest BCUT2D eigenvalue weighted by Crippen LogP contribution is 2.25. The van der Waals surface area contributed by atoms with Crippen molar-refractivity contribution in [2.75, 3.05) is 26.8 Å². The predicted octanol–water partition coefficient (Wildman–Crippen LogP) is 2.27.